The van der Waals surface area contributed by atoms with Crippen LogP contribution < -0.4 is 9.47 Å². The molecule has 3 unspecified atom stereocenters. The second-order valence-corrected chi connectivity index (χ2v) is 11.5. The van der Waals surface area contributed by atoms with E-state index >= 15 is 0 Å². The van der Waals surface area contributed by atoms with Crippen LogP contribution in [0, 0.1) is 17.8 Å². The predicted molar refractivity (Wildman–Crippen MR) is 168 cm³/mol. The fourth-order valence-corrected chi connectivity index (χ4v) is 4.89. The van der Waals surface area contributed by atoms with Gasteiger partial charge in [-0.2, -0.15) is 0 Å². The third-order valence-electron chi connectivity index (χ3n) is 7.44. The highest BCUT2D eigenvalue weighted by Crippen LogP contribution is 2.35. The summed E-state index contributed by atoms with van der Waals surface area (Å²) in [5.74, 6) is 0.256. The summed E-state index contributed by atoms with van der Waals surface area (Å²) in [6.45, 7) is 12.6. The van der Waals surface area contributed by atoms with E-state index in [1.807, 2.05) is 0 Å². The monoisotopic (exact) mass is 640 g/mol. The van der Waals surface area contributed by atoms with E-state index in [0.717, 1.165) is 19.3 Å². The average Bonchev–Trinajstić information content (AvgIpc) is 3.02. The minimum absolute atomic E-state index is 0.0283. The number of rotatable bonds is 16. The van der Waals surface area contributed by atoms with E-state index in [1.165, 1.54) is 36.4 Å². The third-order valence-corrected chi connectivity index (χ3v) is 7.44. The van der Waals surface area contributed by atoms with Crippen LogP contribution in [-0.2, 0) is 28.5 Å². The molecule has 250 valence electrons. The van der Waals surface area contributed by atoms with Gasteiger partial charge in [0.1, 0.15) is 30.8 Å². The zero-order valence-electron chi connectivity index (χ0n) is 27.0. The van der Waals surface area contributed by atoms with E-state index in [-0.39, 0.29) is 62.8 Å². The van der Waals surface area contributed by atoms with Crippen molar-refractivity contribution in [1.29, 1.82) is 0 Å². The number of esters is 3. The van der Waals surface area contributed by atoms with Gasteiger partial charge in [0.2, 0.25) is 0 Å². The summed E-state index contributed by atoms with van der Waals surface area (Å²) in [5, 5.41) is 0. The number of carbonyl (C=O) groups excluding carboxylic acids is 4. The Labute approximate surface area is 270 Å². The van der Waals surface area contributed by atoms with Crippen molar-refractivity contribution in [3.05, 3.63) is 71.8 Å². The molecule has 0 saturated heterocycles. The van der Waals surface area contributed by atoms with Gasteiger partial charge in [0, 0.05) is 5.57 Å². The topological polar surface area (TPSA) is 133 Å². The van der Waals surface area contributed by atoms with Gasteiger partial charge in [0.25, 0.3) is 0 Å². The fourth-order valence-electron chi connectivity index (χ4n) is 4.89. The van der Waals surface area contributed by atoms with Crippen molar-refractivity contribution in [2.24, 2.45) is 17.8 Å². The van der Waals surface area contributed by atoms with Crippen LogP contribution >= 0.6 is 0 Å². The van der Waals surface area contributed by atoms with E-state index in [4.69, 9.17) is 33.2 Å². The Morgan fingerprint density at radius 2 is 1.26 bits per heavy atom. The van der Waals surface area contributed by atoms with Crippen LogP contribution in [0.5, 0.6) is 11.5 Å². The lowest BCUT2D eigenvalue weighted by Crippen LogP contribution is -2.35. The Morgan fingerprint density at radius 1 is 0.739 bits per heavy atom. The van der Waals surface area contributed by atoms with E-state index < -0.39 is 24.1 Å². The van der Waals surface area contributed by atoms with Crippen LogP contribution in [0.1, 0.15) is 67.7 Å². The molecule has 0 amide bonds. The number of benzene rings is 2. The lowest BCUT2D eigenvalue weighted by molar-refractivity contribution is -0.140. The summed E-state index contributed by atoms with van der Waals surface area (Å²) in [5.41, 5.74) is 0.968. The number of ether oxygens (including phenoxy) is 7. The summed E-state index contributed by atoms with van der Waals surface area (Å²) in [6.07, 6.45) is 2.02. The smallest absolute Gasteiger partial charge is 0.460 e. The van der Waals surface area contributed by atoms with E-state index in [9.17, 15) is 19.2 Å². The first kappa shape index (κ1) is 36.3. The quantitative estimate of drug-likeness (QED) is 0.0519. The molecule has 0 spiro atoms. The molecule has 1 aliphatic carbocycles. The summed E-state index contributed by atoms with van der Waals surface area (Å²) in [6, 6.07) is 12.0. The Balaban J connectivity index is 1.33. The molecular weight excluding hydrogens is 596 g/mol. The van der Waals surface area contributed by atoms with Crippen molar-refractivity contribution in [2.75, 3.05) is 39.6 Å². The minimum Gasteiger partial charge on any atom is -0.460 e. The molecule has 0 heterocycles. The van der Waals surface area contributed by atoms with Gasteiger partial charge in [-0.3, -0.25) is 0 Å². The maximum atomic E-state index is 12.8. The fraction of sp³-hybridized carbons (Fsp3) is 0.486. The van der Waals surface area contributed by atoms with E-state index in [1.54, 1.807) is 19.1 Å². The van der Waals surface area contributed by atoms with Crippen molar-refractivity contribution in [2.45, 2.75) is 53.1 Å². The van der Waals surface area contributed by atoms with Gasteiger partial charge in [-0.15, -0.1) is 0 Å². The van der Waals surface area contributed by atoms with Crippen LogP contribution in [-0.4, -0.2) is 69.8 Å². The van der Waals surface area contributed by atoms with Crippen LogP contribution in [0.4, 0.5) is 4.79 Å². The highest BCUT2D eigenvalue weighted by Gasteiger charge is 2.33. The second kappa shape index (κ2) is 18.7. The molecule has 11 heteroatoms. The summed E-state index contributed by atoms with van der Waals surface area (Å²) >= 11 is 0. The molecule has 0 aliphatic heterocycles. The Bertz CT molecular complexity index is 1300. The van der Waals surface area contributed by atoms with Gasteiger partial charge in [0.15, 0.2) is 0 Å². The number of hydrogen-bond donors (Lipinski definition) is 0. The van der Waals surface area contributed by atoms with Gasteiger partial charge in [-0.05, 0) is 86.1 Å². The van der Waals surface area contributed by atoms with Gasteiger partial charge in [0.05, 0.1) is 37.6 Å². The minimum atomic E-state index is -0.916. The van der Waals surface area contributed by atoms with Crippen molar-refractivity contribution in [3.8, 4) is 11.5 Å². The first-order valence-corrected chi connectivity index (χ1v) is 15.5. The number of carbonyl (C=O) groups is 4. The lowest BCUT2D eigenvalue weighted by atomic mass is 9.75. The van der Waals surface area contributed by atoms with Crippen molar-refractivity contribution >= 4 is 24.1 Å². The summed E-state index contributed by atoms with van der Waals surface area (Å²) in [7, 11) is 0. The van der Waals surface area contributed by atoms with Crippen molar-refractivity contribution in [1.82, 2.24) is 0 Å². The Kier molecular flexibility index (Phi) is 14.7. The number of hydrogen-bond acceptors (Lipinski definition) is 11. The molecule has 46 heavy (non-hydrogen) atoms. The highest BCUT2D eigenvalue weighted by atomic mass is 16.7. The molecule has 1 aliphatic rings. The van der Waals surface area contributed by atoms with Gasteiger partial charge < -0.3 is 33.2 Å². The van der Waals surface area contributed by atoms with Crippen LogP contribution in [0.25, 0.3) is 0 Å². The zero-order valence-corrected chi connectivity index (χ0v) is 27.0. The van der Waals surface area contributed by atoms with Crippen LogP contribution in [0.3, 0.4) is 0 Å². The van der Waals surface area contributed by atoms with Crippen LogP contribution in [0.2, 0.25) is 0 Å². The normalized spacial score (nSPS) is 17.5. The first-order chi connectivity index (χ1) is 22.0. The predicted octanol–water partition coefficient (Wildman–Crippen LogP) is 6.19. The molecule has 11 nitrogen and oxygen atoms in total. The third kappa shape index (κ3) is 12.3. The van der Waals surface area contributed by atoms with Crippen molar-refractivity contribution in [3.63, 3.8) is 0 Å². The average molecular weight is 641 g/mol. The molecule has 3 atom stereocenters. The first-order valence-electron chi connectivity index (χ1n) is 15.5. The van der Waals surface area contributed by atoms with Crippen LogP contribution in [0.15, 0.2) is 60.7 Å². The lowest BCUT2D eigenvalue weighted by Gasteiger charge is -2.36. The molecule has 0 radical (unpaired) electrons. The van der Waals surface area contributed by atoms with Crippen molar-refractivity contribution < 1.29 is 52.3 Å². The molecule has 2 aromatic rings. The summed E-state index contributed by atoms with van der Waals surface area (Å²) in [4.78, 5) is 48.6. The summed E-state index contributed by atoms with van der Waals surface area (Å²) < 4.78 is 36.8. The molecule has 0 bridgehead atoms. The molecule has 0 aromatic heterocycles. The van der Waals surface area contributed by atoms with Gasteiger partial charge >= 0.3 is 24.1 Å². The SMILES string of the molecule is C=C(C)C(=O)OCCOCCOCCOC(=O)Oc1ccc(OC(=O)c2ccc(C(=O)OC3CC(C)CCC3C(C)C)cc2)cc1. The van der Waals surface area contributed by atoms with E-state index in [0.29, 0.717) is 28.9 Å². The highest BCUT2D eigenvalue weighted by molar-refractivity contribution is 5.94. The standard InChI is InChI=1S/C35H44O11/c1-23(2)30-15-6-25(5)22-31(30)46-34(38)27-9-7-26(8-10-27)33(37)44-28-11-13-29(14-12-28)45-35(39)43-21-19-41-17-16-40-18-20-42-32(36)24(3)4/h7-14,23,25,30-31H,3,6,15-22H2,1-2,4-5H3. The molecule has 3 rings (SSSR count). The van der Waals surface area contributed by atoms with E-state index in [2.05, 4.69) is 27.4 Å². The molecule has 2 aromatic carbocycles. The molecular formula is C35H44O11. The Morgan fingerprint density at radius 3 is 1.83 bits per heavy atom. The maximum Gasteiger partial charge on any atom is 0.513 e. The molecule has 1 fully saturated rings. The van der Waals surface area contributed by atoms with Gasteiger partial charge in [-0.1, -0.05) is 33.8 Å². The molecule has 1 saturated carbocycles. The Hall–Kier alpha value is -4.22. The zero-order chi connectivity index (χ0) is 33.5. The molecule has 0 N–H and O–H groups in total. The van der Waals surface area contributed by atoms with Gasteiger partial charge in [-0.25, -0.2) is 19.2 Å². The second-order valence-electron chi connectivity index (χ2n) is 11.5. The maximum absolute atomic E-state index is 12.8. The largest absolute Gasteiger partial charge is 0.513 e.